The Bertz CT molecular complexity index is 326. The van der Waals surface area contributed by atoms with Crippen LogP contribution >= 0.6 is 11.3 Å². The van der Waals surface area contributed by atoms with Gasteiger partial charge in [0, 0.05) is 30.6 Å². The Morgan fingerprint density at radius 2 is 2.35 bits per heavy atom. The maximum absolute atomic E-state index is 3.49. The summed E-state index contributed by atoms with van der Waals surface area (Å²) >= 11 is 1.87. The molecule has 17 heavy (non-hydrogen) atoms. The van der Waals surface area contributed by atoms with E-state index < -0.39 is 0 Å². The van der Waals surface area contributed by atoms with E-state index >= 15 is 0 Å². The zero-order valence-electron chi connectivity index (χ0n) is 11.2. The van der Waals surface area contributed by atoms with Gasteiger partial charge in [0.05, 0.1) is 0 Å². The Kier molecular flexibility index (Phi) is 4.23. The lowest BCUT2D eigenvalue weighted by Crippen LogP contribution is -2.40. The molecule has 96 valence electrons. The molecule has 1 aromatic rings. The van der Waals surface area contributed by atoms with Crippen LogP contribution in [0.15, 0.2) is 17.5 Å². The number of thiophene rings is 1. The topological polar surface area (TPSA) is 15.3 Å². The molecule has 1 unspecified atom stereocenters. The molecule has 0 aromatic carbocycles. The average molecular weight is 252 g/mol. The van der Waals surface area contributed by atoms with Crippen molar-refractivity contribution in [2.45, 2.75) is 39.8 Å². The van der Waals surface area contributed by atoms with Gasteiger partial charge in [-0.15, -0.1) is 11.3 Å². The maximum Gasteiger partial charge on any atom is 0.0330 e. The summed E-state index contributed by atoms with van der Waals surface area (Å²) in [7, 11) is 0. The second-order valence-electron chi connectivity index (χ2n) is 5.82. The predicted octanol–water partition coefficient (Wildman–Crippen LogP) is 2.96. The zero-order valence-corrected chi connectivity index (χ0v) is 12.0. The summed E-state index contributed by atoms with van der Waals surface area (Å²) in [6, 6.07) is 5.02. The summed E-state index contributed by atoms with van der Waals surface area (Å²) in [4.78, 5) is 4.09. The molecule has 2 nitrogen and oxygen atoms in total. The van der Waals surface area contributed by atoms with E-state index in [4.69, 9.17) is 0 Å². The van der Waals surface area contributed by atoms with E-state index in [0.29, 0.717) is 11.5 Å². The minimum atomic E-state index is 0.460. The first-order valence-corrected chi connectivity index (χ1v) is 7.44. The number of nitrogens with zero attached hydrogens (tertiary/aromatic N) is 1. The molecule has 0 spiro atoms. The quantitative estimate of drug-likeness (QED) is 0.867. The summed E-state index contributed by atoms with van der Waals surface area (Å²) in [6.07, 6.45) is 1.31. The molecule has 1 N–H and O–H groups in total. The SMILES string of the molecule is CC(C)N(Cc1cccs1)CC1(C)CCNC1. The van der Waals surface area contributed by atoms with Crippen LogP contribution in [0.4, 0.5) is 0 Å². The van der Waals surface area contributed by atoms with Crippen molar-refractivity contribution >= 4 is 11.3 Å². The van der Waals surface area contributed by atoms with Gasteiger partial charge in [-0.2, -0.15) is 0 Å². The fourth-order valence-electron chi connectivity index (χ4n) is 2.52. The van der Waals surface area contributed by atoms with Crippen LogP contribution in [0.2, 0.25) is 0 Å². The van der Waals surface area contributed by atoms with Gasteiger partial charge in [-0.3, -0.25) is 4.90 Å². The van der Waals surface area contributed by atoms with Crippen LogP contribution in [0.5, 0.6) is 0 Å². The summed E-state index contributed by atoms with van der Waals surface area (Å²) in [6.45, 7) is 11.7. The molecule has 1 fully saturated rings. The van der Waals surface area contributed by atoms with Crippen LogP contribution in [0.3, 0.4) is 0 Å². The molecule has 1 saturated heterocycles. The highest BCUT2D eigenvalue weighted by molar-refractivity contribution is 7.09. The molecule has 3 heteroatoms. The molecule has 0 aliphatic carbocycles. The van der Waals surface area contributed by atoms with Crippen molar-refractivity contribution in [2.75, 3.05) is 19.6 Å². The van der Waals surface area contributed by atoms with Gasteiger partial charge in [0.25, 0.3) is 0 Å². The number of rotatable bonds is 5. The van der Waals surface area contributed by atoms with Crippen LogP contribution in [-0.2, 0) is 6.54 Å². The second-order valence-corrected chi connectivity index (χ2v) is 6.85. The monoisotopic (exact) mass is 252 g/mol. The van der Waals surface area contributed by atoms with E-state index in [1.807, 2.05) is 11.3 Å². The third-order valence-corrected chi connectivity index (χ3v) is 4.57. The zero-order chi connectivity index (χ0) is 12.3. The van der Waals surface area contributed by atoms with Crippen LogP contribution in [-0.4, -0.2) is 30.6 Å². The number of hydrogen-bond acceptors (Lipinski definition) is 3. The standard InChI is InChI=1S/C14H24N2S/c1-12(2)16(9-13-5-4-8-17-13)11-14(3)6-7-15-10-14/h4-5,8,12,15H,6-7,9-11H2,1-3H3. The fourth-order valence-corrected chi connectivity index (χ4v) is 3.25. The second kappa shape index (κ2) is 5.51. The third kappa shape index (κ3) is 3.54. The first-order chi connectivity index (χ1) is 8.09. The van der Waals surface area contributed by atoms with E-state index in [-0.39, 0.29) is 0 Å². The lowest BCUT2D eigenvalue weighted by atomic mass is 9.89. The van der Waals surface area contributed by atoms with Gasteiger partial charge in [-0.25, -0.2) is 0 Å². The van der Waals surface area contributed by atoms with Gasteiger partial charge < -0.3 is 5.32 Å². The first kappa shape index (κ1) is 13.1. The summed E-state index contributed by atoms with van der Waals surface area (Å²) in [5.41, 5.74) is 0.460. The Hall–Kier alpha value is -0.380. The molecule has 0 saturated carbocycles. The maximum atomic E-state index is 3.49. The average Bonchev–Trinajstić information content (AvgIpc) is 2.89. The van der Waals surface area contributed by atoms with E-state index in [1.165, 1.54) is 30.9 Å². The largest absolute Gasteiger partial charge is 0.316 e. The van der Waals surface area contributed by atoms with Crippen LogP contribution in [0.1, 0.15) is 32.1 Å². The van der Waals surface area contributed by atoms with Crippen molar-refractivity contribution in [3.05, 3.63) is 22.4 Å². The molecule has 2 rings (SSSR count). The summed E-state index contributed by atoms with van der Waals surface area (Å²) < 4.78 is 0. The Morgan fingerprint density at radius 3 is 2.88 bits per heavy atom. The highest BCUT2D eigenvalue weighted by Crippen LogP contribution is 2.27. The van der Waals surface area contributed by atoms with Gasteiger partial charge in [0.2, 0.25) is 0 Å². The lowest BCUT2D eigenvalue weighted by Gasteiger charge is -2.34. The lowest BCUT2D eigenvalue weighted by molar-refractivity contribution is 0.138. The van der Waals surface area contributed by atoms with E-state index in [0.717, 1.165) is 6.54 Å². The molecule has 2 heterocycles. The van der Waals surface area contributed by atoms with Gasteiger partial charge in [-0.1, -0.05) is 13.0 Å². The summed E-state index contributed by atoms with van der Waals surface area (Å²) in [5.74, 6) is 0. The molecule has 1 aliphatic rings. The highest BCUT2D eigenvalue weighted by Gasteiger charge is 2.31. The minimum Gasteiger partial charge on any atom is -0.316 e. The van der Waals surface area contributed by atoms with Crippen LogP contribution < -0.4 is 5.32 Å². The minimum absolute atomic E-state index is 0.460. The van der Waals surface area contributed by atoms with Crippen molar-refractivity contribution in [2.24, 2.45) is 5.41 Å². The van der Waals surface area contributed by atoms with Crippen molar-refractivity contribution < 1.29 is 0 Å². The smallest absolute Gasteiger partial charge is 0.0330 e. The molecule has 1 aliphatic heterocycles. The molecule has 1 atom stereocenters. The highest BCUT2D eigenvalue weighted by atomic mass is 32.1. The molecular weight excluding hydrogens is 228 g/mol. The predicted molar refractivity (Wildman–Crippen MR) is 75.5 cm³/mol. The van der Waals surface area contributed by atoms with Gasteiger partial charge in [-0.05, 0) is 43.7 Å². The van der Waals surface area contributed by atoms with Crippen molar-refractivity contribution in [1.29, 1.82) is 0 Å². The van der Waals surface area contributed by atoms with Crippen LogP contribution in [0.25, 0.3) is 0 Å². The third-order valence-electron chi connectivity index (χ3n) is 3.71. The van der Waals surface area contributed by atoms with Gasteiger partial charge in [0.15, 0.2) is 0 Å². The normalized spacial score (nSPS) is 25.0. The Balaban J connectivity index is 1.97. The van der Waals surface area contributed by atoms with Crippen molar-refractivity contribution in [3.8, 4) is 0 Å². The first-order valence-electron chi connectivity index (χ1n) is 6.56. The van der Waals surface area contributed by atoms with Crippen molar-refractivity contribution in [3.63, 3.8) is 0 Å². The molecule has 1 aromatic heterocycles. The van der Waals surface area contributed by atoms with Crippen molar-refractivity contribution in [1.82, 2.24) is 10.2 Å². The molecule has 0 bridgehead atoms. The van der Waals surface area contributed by atoms with E-state index in [2.05, 4.69) is 48.5 Å². The Morgan fingerprint density at radius 1 is 1.53 bits per heavy atom. The van der Waals surface area contributed by atoms with E-state index in [9.17, 15) is 0 Å². The number of nitrogens with one attached hydrogen (secondary N) is 1. The number of hydrogen-bond donors (Lipinski definition) is 1. The fraction of sp³-hybridized carbons (Fsp3) is 0.714. The van der Waals surface area contributed by atoms with Crippen LogP contribution in [0, 0.1) is 5.41 Å². The molecular formula is C14H24N2S. The molecule has 0 radical (unpaired) electrons. The van der Waals surface area contributed by atoms with Gasteiger partial charge in [0.1, 0.15) is 0 Å². The van der Waals surface area contributed by atoms with E-state index in [1.54, 1.807) is 0 Å². The van der Waals surface area contributed by atoms with Gasteiger partial charge >= 0.3 is 0 Å². The molecule has 0 amide bonds. The summed E-state index contributed by atoms with van der Waals surface area (Å²) in [5, 5.41) is 5.67. The Labute approximate surface area is 109 Å².